The third-order valence-electron chi connectivity index (χ3n) is 5.45. The van der Waals surface area contributed by atoms with E-state index >= 15 is 0 Å². The van der Waals surface area contributed by atoms with Gasteiger partial charge in [0.05, 0.1) is 11.5 Å². The molecule has 2 aliphatic heterocycles. The number of nitrogens with zero attached hydrogens (tertiary/aromatic N) is 2. The molecule has 0 radical (unpaired) electrons. The smallest absolute Gasteiger partial charge is 0.260 e. The molecule has 2 fully saturated rings. The van der Waals surface area contributed by atoms with Crippen molar-refractivity contribution in [3.8, 4) is 5.75 Å². The van der Waals surface area contributed by atoms with Gasteiger partial charge in [0.1, 0.15) is 11.5 Å². The molecule has 154 valence electrons. The Kier molecular flexibility index (Phi) is 5.58. The predicted octanol–water partition coefficient (Wildman–Crippen LogP) is 2.11. The van der Waals surface area contributed by atoms with E-state index in [1.807, 2.05) is 18.2 Å². The largest absolute Gasteiger partial charge is 0.484 e. The highest BCUT2D eigenvalue weighted by molar-refractivity contribution is 7.89. The number of carbonyl (C=O) groups is 1. The number of hydrogen-bond donors (Lipinski definition) is 0. The zero-order chi connectivity index (χ0) is 20.3. The van der Waals surface area contributed by atoms with Gasteiger partial charge in [0.15, 0.2) is 6.61 Å². The highest BCUT2D eigenvalue weighted by Gasteiger charge is 2.50. The monoisotopic (exact) mass is 416 g/mol. The summed E-state index contributed by atoms with van der Waals surface area (Å²) in [6.07, 6.45) is 0.881. The minimum atomic E-state index is -3.65. The third-order valence-corrected chi connectivity index (χ3v) is 7.42. The Morgan fingerprint density at radius 2 is 1.59 bits per heavy atom. The van der Waals surface area contributed by atoms with Gasteiger partial charge in [-0.25, -0.2) is 8.42 Å². The SMILES string of the molecule is O=C(COc1ccccc1)N1CCC2(CC1)OCCN2S(=O)(=O)c1ccccc1. The lowest BCUT2D eigenvalue weighted by Gasteiger charge is -2.42. The zero-order valence-corrected chi connectivity index (χ0v) is 16.9. The van der Waals surface area contributed by atoms with Gasteiger partial charge in [0.2, 0.25) is 10.0 Å². The van der Waals surface area contributed by atoms with Crippen LogP contribution < -0.4 is 4.74 Å². The number of hydrogen-bond acceptors (Lipinski definition) is 5. The standard InChI is InChI=1S/C21H24N2O5S/c24-20(17-27-18-7-3-1-4-8-18)22-13-11-21(12-14-22)23(15-16-28-21)29(25,26)19-9-5-2-6-10-19/h1-10H,11-17H2. The van der Waals surface area contributed by atoms with Gasteiger partial charge in [-0.2, -0.15) is 4.31 Å². The third kappa shape index (κ3) is 4.01. The fourth-order valence-corrected chi connectivity index (χ4v) is 5.65. The van der Waals surface area contributed by atoms with Gasteiger partial charge in [-0.15, -0.1) is 0 Å². The molecule has 0 bridgehead atoms. The van der Waals surface area contributed by atoms with Crippen LogP contribution in [-0.4, -0.2) is 62.1 Å². The summed E-state index contributed by atoms with van der Waals surface area (Å²) in [7, 11) is -3.65. The summed E-state index contributed by atoms with van der Waals surface area (Å²) in [5.74, 6) is 0.535. The van der Waals surface area contributed by atoms with Crippen molar-refractivity contribution >= 4 is 15.9 Å². The van der Waals surface area contributed by atoms with Crippen LogP contribution in [0.3, 0.4) is 0 Å². The summed E-state index contributed by atoms with van der Waals surface area (Å²) in [5.41, 5.74) is -0.883. The Bertz CT molecular complexity index is 942. The van der Waals surface area contributed by atoms with E-state index in [0.717, 1.165) is 0 Å². The minimum Gasteiger partial charge on any atom is -0.484 e. The van der Waals surface area contributed by atoms with Gasteiger partial charge in [-0.1, -0.05) is 36.4 Å². The van der Waals surface area contributed by atoms with Crippen LogP contribution in [0.2, 0.25) is 0 Å². The number of para-hydroxylation sites is 1. The van der Waals surface area contributed by atoms with Crippen LogP contribution in [0.25, 0.3) is 0 Å². The highest BCUT2D eigenvalue weighted by Crippen LogP contribution is 2.38. The topological polar surface area (TPSA) is 76.2 Å². The Morgan fingerprint density at radius 1 is 0.966 bits per heavy atom. The van der Waals surface area contributed by atoms with E-state index in [1.54, 1.807) is 47.4 Å². The zero-order valence-electron chi connectivity index (χ0n) is 16.1. The number of likely N-dealkylation sites (tertiary alicyclic amines) is 1. The molecule has 8 heteroatoms. The molecule has 1 spiro atoms. The second-order valence-electron chi connectivity index (χ2n) is 7.17. The lowest BCUT2D eigenvalue weighted by molar-refractivity contribution is -0.142. The maximum atomic E-state index is 13.1. The van der Waals surface area contributed by atoms with E-state index in [1.165, 1.54) is 4.31 Å². The normalized spacial score (nSPS) is 19.4. The molecule has 2 aromatic carbocycles. The molecule has 0 atom stereocenters. The van der Waals surface area contributed by atoms with Crippen LogP contribution in [0.1, 0.15) is 12.8 Å². The molecule has 2 heterocycles. The van der Waals surface area contributed by atoms with Crippen molar-refractivity contribution in [2.24, 2.45) is 0 Å². The van der Waals surface area contributed by atoms with Crippen molar-refractivity contribution in [3.05, 3.63) is 60.7 Å². The lowest BCUT2D eigenvalue weighted by atomic mass is 10.0. The molecule has 2 aromatic rings. The Balaban J connectivity index is 1.40. The minimum absolute atomic E-state index is 0.0378. The van der Waals surface area contributed by atoms with Gasteiger partial charge >= 0.3 is 0 Å². The molecular weight excluding hydrogens is 392 g/mol. The van der Waals surface area contributed by atoms with Gasteiger partial charge in [0.25, 0.3) is 5.91 Å². The molecule has 7 nitrogen and oxygen atoms in total. The van der Waals surface area contributed by atoms with Crippen molar-refractivity contribution in [3.63, 3.8) is 0 Å². The molecule has 2 aliphatic rings. The summed E-state index contributed by atoms with van der Waals surface area (Å²) in [4.78, 5) is 14.5. The Hall–Kier alpha value is -2.42. The summed E-state index contributed by atoms with van der Waals surface area (Å²) in [5, 5.41) is 0. The molecule has 2 saturated heterocycles. The first-order valence-corrected chi connectivity index (χ1v) is 11.1. The molecule has 1 amide bonds. The molecule has 29 heavy (non-hydrogen) atoms. The van der Waals surface area contributed by atoms with E-state index in [9.17, 15) is 13.2 Å². The molecule has 0 unspecified atom stereocenters. The van der Waals surface area contributed by atoms with Crippen LogP contribution in [0, 0.1) is 0 Å². The summed E-state index contributed by atoms with van der Waals surface area (Å²) in [6, 6.07) is 17.6. The number of piperidine rings is 1. The molecule has 0 saturated carbocycles. The number of rotatable bonds is 5. The number of benzene rings is 2. The van der Waals surface area contributed by atoms with Crippen LogP contribution in [0.4, 0.5) is 0 Å². The average Bonchev–Trinajstić information content (AvgIpc) is 3.18. The van der Waals surface area contributed by atoms with Crippen LogP contribution >= 0.6 is 0 Å². The van der Waals surface area contributed by atoms with Crippen molar-refractivity contribution in [2.45, 2.75) is 23.5 Å². The second kappa shape index (κ2) is 8.14. The summed E-state index contributed by atoms with van der Waals surface area (Å²) in [6.45, 7) is 1.50. The Labute approximate surface area is 170 Å². The first-order valence-electron chi connectivity index (χ1n) is 9.69. The quantitative estimate of drug-likeness (QED) is 0.746. The van der Waals surface area contributed by atoms with Gasteiger partial charge in [-0.05, 0) is 24.3 Å². The van der Waals surface area contributed by atoms with Crippen molar-refractivity contribution in [1.82, 2.24) is 9.21 Å². The fourth-order valence-electron chi connectivity index (χ4n) is 3.91. The van der Waals surface area contributed by atoms with Gasteiger partial charge in [0, 0.05) is 32.5 Å². The summed E-state index contributed by atoms with van der Waals surface area (Å²) < 4.78 is 39.2. The van der Waals surface area contributed by atoms with E-state index in [4.69, 9.17) is 9.47 Å². The number of sulfonamides is 1. The van der Waals surface area contributed by atoms with Crippen LogP contribution in [0.15, 0.2) is 65.6 Å². The number of amides is 1. The number of ether oxygens (including phenoxy) is 2. The predicted molar refractivity (Wildman–Crippen MR) is 107 cm³/mol. The average molecular weight is 416 g/mol. The number of carbonyl (C=O) groups excluding carboxylic acids is 1. The molecule has 0 N–H and O–H groups in total. The maximum absolute atomic E-state index is 13.1. The van der Waals surface area contributed by atoms with E-state index in [2.05, 4.69) is 0 Å². The van der Waals surface area contributed by atoms with Crippen molar-refractivity contribution in [2.75, 3.05) is 32.8 Å². The van der Waals surface area contributed by atoms with Gasteiger partial charge in [-0.3, -0.25) is 4.79 Å². The van der Waals surface area contributed by atoms with Crippen LogP contribution in [0.5, 0.6) is 5.75 Å². The van der Waals surface area contributed by atoms with Gasteiger partial charge < -0.3 is 14.4 Å². The molecule has 4 rings (SSSR count). The lowest BCUT2D eigenvalue weighted by Crippen LogP contribution is -2.56. The highest BCUT2D eigenvalue weighted by atomic mass is 32.2. The molecule has 0 aliphatic carbocycles. The summed E-state index contributed by atoms with van der Waals surface area (Å²) >= 11 is 0. The second-order valence-corrected chi connectivity index (χ2v) is 9.03. The first kappa shape index (κ1) is 19.9. The van der Waals surface area contributed by atoms with E-state index < -0.39 is 15.7 Å². The molecule has 0 aromatic heterocycles. The van der Waals surface area contributed by atoms with E-state index in [0.29, 0.717) is 44.8 Å². The fraction of sp³-hybridized carbons (Fsp3) is 0.381. The van der Waals surface area contributed by atoms with Crippen molar-refractivity contribution < 1.29 is 22.7 Å². The molecular formula is C21H24N2O5S. The first-order chi connectivity index (χ1) is 14.0. The Morgan fingerprint density at radius 3 is 2.24 bits per heavy atom. The van der Waals surface area contributed by atoms with E-state index in [-0.39, 0.29) is 17.4 Å². The maximum Gasteiger partial charge on any atom is 0.260 e. The van der Waals surface area contributed by atoms with Crippen molar-refractivity contribution in [1.29, 1.82) is 0 Å². The van der Waals surface area contributed by atoms with Crippen LogP contribution in [-0.2, 0) is 19.6 Å².